The van der Waals surface area contributed by atoms with Gasteiger partial charge < -0.3 is 14.4 Å². The highest BCUT2D eigenvalue weighted by atomic mass is 16.5. The van der Waals surface area contributed by atoms with E-state index in [4.69, 9.17) is 9.47 Å². The van der Waals surface area contributed by atoms with E-state index in [0.717, 1.165) is 22.9 Å². The van der Waals surface area contributed by atoms with Crippen molar-refractivity contribution < 1.29 is 9.47 Å². The first-order valence-corrected chi connectivity index (χ1v) is 5.77. The molecule has 0 aliphatic rings. The fourth-order valence-electron chi connectivity index (χ4n) is 1.85. The van der Waals surface area contributed by atoms with E-state index in [2.05, 4.69) is 17.0 Å². The smallest absolute Gasteiger partial charge is 0.146 e. The Kier molecular flexibility index (Phi) is 3.72. The zero-order chi connectivity index (χ0) is 13.0. The Morgan fingerprint density at radius 3 is 2.22 bits per heavy atom. The van der Waals surface area contributed by atoms with Gasteiger partial charge in [0.15, 0.2) is 0 Å². The first kappa shape index (κ1) is 12.3. The molecule has 0 aromatic heterocycles. The lowest BCUT2D eigenvalue weighted by Gasteiger charge is -2.22. The van der Waals surface area contributed by atoms with E-state index in [-0.39, 0.29) is 0 Å². The van der Waals surface area contributed by atoms with Crippen molar-refractivity contribution in [3.05, 3.63) is 48.5 Å². The molecule has 0 amide bonds. The SMILES string of the molecule is COc1ccc(N(C)c2ccccc2)c(OC)c1. The summed E-state index contributed by atoms with van der Waals surface area (Å²) in [6.07, 6.45) is 0. The van der Waals surface area contributed by atoms with Gasteiger partial charge >= 0.3 is 0 Å². The van der Waals surface area contributed by atoms with Gasteiger partial charge in [0.1, 0.15) is 11.5 Å². The van der Waals surface area contributed by atoms with Crippen molar-refractivity contribution in [1.29, 1.82) is 0 Å². The number of anilines is 2. The number of nitrogens with zero attached hydrogens (tertiary/aromatic N) is 1. The number of rotatable bonds is 4. The lowest BCUT2D eigenvalue weighted by Crippen LogP contribution is -2.10. The van der Waals surface area contributed by atoms with Crippen LogP contribution in [-0.4, -0.2) is 21.3 Å². The van der Waals surface area contributed by atoms with Crippen LogP contribution in [0.5, 0.6) is 11.5 Å². The second kappa shape index (κ2) is 5.45. The molecule has 3 heteroatoms. The molecule has 2 aromatic carbocycles. The minimum atomic E-state index is 0.789. The lowest BCUT2D eigenvalue weighted by molar-refractivity contribution is 0.395. The van der Waals surface area contributed by atoms with Gasteiger partial charge in [-0.25, -0.2) is 0 Å². The molecular formula is C15H17NO2. The van der Waals surface area contributed by atoms with E-state index in [0.29, 0.717) is 0 Å². The first-order chi connectivity index (χ1) is 8.76. The third kappa shape index (κ3) is 2.40. The Bertz CT molecular complexity index is 511. The Morgan fingerprint density at radius 1 is 0.889 bits per heavy atom. The summed E-state index contributed by atoms with van der Waals surface area (Å²) >= 11 is 0. The molecule has 0 N–H and O–H groups in total. The van der Waals surface area contributed by atoms with Crippen LogP contribution in [0.3, 0.4) is 0 Å². The molecule has 2 rings (SSSR count). The number of benzene rings is 2. The van der Waals surface area contributed by atoms with Gasteiger partial charge in [-0.2, -0.15) is 0 Å². The molecule has 94 valence electrons. The molecule has 3 nitrogen and oxygen atoms in total. The zero-order valence-corrected chi connectivity index (χ0v) is 10.9. The number of methoxy groups -OCH3 is 2. The fraction of sp³-hybridized carbons (Fsp3) is 0.200. The van der Waals surface area contributed by atoms with Gasteiger partial charge in [0.2, 0.25) is 0 Å². The molecule has 0 radical (unpaired) electrons. The molecule has 0 saturated heterocycles. The molecular weight excluding hydrogens is 226 g/mol. The second-order valence-corrected chi connectivity index (χ2v) is 3.93. The summed E-state index contributed by atoms with van der Waals surface area (Å²) in [5.41, 5.74) is 2.12. The van der Waals surface area contributed by atoms with Crippen molar-refractivity contribution in [3.63, 3.8) is 0 Å². The van der Waals surface area contributed by atoms with E-state index >= 15 is 0 Å². The lowest BCUT2D eigenvalue weighted by atomic mass is 10.2. The van der Waals surface area contributed by atoms with E-state index < -0.39 is 0 Å². The summed E-state index contributed by atoms with van der Waals surface area (Å²) in [6, 6.07) is 16.0. The van der Waals surface area contributed by atoms with Crippen molar-refractivity contribution in [3.8, 4) is 11.5 Å². The average Bonchev–Trinajstić information content (AvgIpc) is 2.46. The third-order valence-corrected chi connectivity index (χ3v) is 2.89. The van der Waals surface area contributed by atoms with Gasteiger partial charge in [-0.15, -0.1) is 0 Å². The van der Waals surface area contributed by atoms with Gasteiger partial charge in [-0.05, 0) is 24.3 Å². The minimum absolute atomic E-state index is 0.789. The van der Waals surface area contributed by atoms with E-state index in [1.807, 2.05) is 43.4 Å². The Hall–Kier alpha value is -2.16. The zero-order valence-electron chi connectivity index (χ0n) is 10.9. The maximum atomic E-state index is 5.41. The van der Waals surface area contributed by atoms with Crippen molar-refractivity contribution in [1.82, 2.24) is 0 Å². The van der Waals surface area contributed by atoms with Crippen molar-refractivity contribution >= 4 is 11.4 Å². The van der Waals surface area contributed by atoms with Crippen LogP contribution >= 0.6 is 0 Å². The van der Waals surface area contributed by atoms with Gasteiger partial charge in [0.05, 0.1) is 19.9 Å². The predicted molar refractivity (Wildman–Crippen MR) is 74.1 cm³/mol. The first-order valence-electron chi connectivity index (χ1n) is 5.77. The molecule has 0 fully saturated rings. The Morgan fingerprint density at radius 2 is 1.61 bits per heavy atom. The number of ether oxygens (including phenoxy) is 2. The van der Waals surface area contributed by atoms with Crippen LogP contribution in [0, 0.1) is 0 Å². The molecule has 0 aliphatic carbocycles. The topological polar surface area (TPSA) is 21.7 Å². The van der Waals surface area contributed by atoms with Crippen molar-refractivity contribution in [2.24, 2.45) is 0 Å². The van der Waals surface area contributed by atoms with E-state index in [9.17, 15) is 0 Å². The normalized spacial score (nSPS) is 9.94. The van der Waals surface area contributed by atoms with Crippen LogP contribution in [0.4, 0.5) is 11.4 Å². The number of hydrogen-bond donors (Lipinski definition) is 0. The van der Waals surface area contributed by atoms with Crippen molar-refractivity contribution in [2.75, 3.05) is 26.2 Å². The van der Waals surface area contributed by atoms with Gasteiger partial charge in [0, 0.05) is 18.8 Å². The monoisotopic (exact) mass is 243 g/mol. The van der Waals surface area contributed by atoms with Gasteiger partial charge in [-0.1, -0.05) is 18.2 Å². The Balaban J connectivity index is 2.38. The molecule has 0 heterocycles. The summed E-state index contributed by atoms with van der Waals surface area (Å²) < 4.78 is 10.6. The van der Waals surface area contributed by atoms with Crippen LogP contribution in [-0.2, 0) is 0 Å². The summed E-state index contributed by atoms with van der Waals surface area (Å²) in [4.78, 5) is 2.08. The van der Waals surface area contributed by atoms with E-state index in [1.54, 1.807) is 14.2 Å². The quantitative estimate of drug-likeness (QED) is 0.820. The second-order valence-electron chi connectivity index (χ2n) is 3.93. The predicted octanol–water partition coefficient (Wildman–Crippen LogP) is 3.47. The maximum absolute atomic E-state index is 5.41. The summed E-state index contributed by atoms with van der Waals surface area (Å²) in [6.45, 7) is 0. The summed E-state index contributed by atoms with van der Waals surface area (Å²) in [5, 5.41) is 0. The highest BCUT2D eigenvalue weighted by Crippen LogP contribution is 2.35. The fourth-order valence-corrected chi connectivity index (χ4v) is 1.85. The molecule has 0 atom stereocenters. The minimum Gasteiger partial charge on any atom is -0.497 e. The Labute approximate surface area is 108 Å². The van der Waals surface area contributed by atoms with Crippen LogP contribution in [0.2, 0.25) is 0 Å². The third-order valence-electron chi connectivity index (χ3n) is 2.89. The molecule has 0 unspecified atom stereocenters. The van der Waals surface area contributed by atoms with Gasteiger partial charge in [-0.3, -0.25) is 0 Å². The van der Waals surface area contributed by atoms with Crippen LogP contribution in [0.15, 0.2) is 48.5 Å². The molecule has 0 saturated carbocycles. The highest BCUT2D eigenvalue weighted by molar-refractivity contribution is 5.69. The largest absolute Gasteiger partial charge is 0.497 e. The van der Waals surface area contributed by atoms with Crippen molar-refractivity contribution in [2.45, 2.75) is 0 Å². The number of para-hydroxylation sites is 1. The number of hydrogen-bond acceptors (Lipinski definition) is 3. The van der Waals surface area contributed by atoms with Gasteiger partial charge in [0.25, 0.3) is 0 Å². The summed E-state index contributed by atoms with van der Waals surface area (Å²) in [5.74, 6) is 1.58. The molecule has 0 bridgehead atoms. The van der Waals surface area contributed by atoms with Crippen LogP contribution < -0.4 is 14.4 Å². The molecule has 0 aliphatic heterocycles. The van der Waals surface area contributed by atoms with Crippen LogP contribution in [0.1, 0.15) is 0 Å². The molecule has 2 aromatic rings. The molecule has 18 heavy (non-hydrogen) atoms. The molecule has 0 spiro atoms. The summed E-state index contributed by atoms with van der Waals surface area (Å²) in [7, 11) is 5.33. The average molecular weight is 243 g/mol. The maximum Gasteiger partial charge on any atom is 0.146 e. The highest BCUT2D eigenvalue weighted by Gasteiger charge is 2.10. The standard InChI is InChI=1S/C15H17NO2/c1-16(12-7-5-4-6-8-12)14-10-9-13(17-2)11-15(14)18-3/h4-11H,1-3H3. The van der Waals surface area contributed by atoms with E-state index in [1.165, 1.54) is 0 Å². The van der Waals surface area contributed by atoms with Crippen LogP contribution in [0.25, 0.3) is 0 Å².